The molecule has 31 heavy (non-hydrogen) atoms. The van der Waals surface area contributed by atoms with Gasteiger partial charge in [-0.3, -0.25) is 9.36 Å². The van der Waals surface area contributed by atoms with Crippen molar-refractivity contribution in [3.05, 3.63) is 57.4 Å². The van der Waals surface area contributed by atoms with Crippen molar-refractivity contribution in [3.8, 4) is 17.5 Å². The fourth-order valence-electron chi connectivity index (χ4n) is 3.64. The molecule has 0 amide bonds. The summed E-state index contributed by atoms with van der Waals surface area (Å²) in [5.74, 6) is -0.110. The average Bonchev–Trinajstić information content (AvgIpc) is 2.72. The molecule has 0 saturated heterocycles. The van der Waals surface area contributed by atoms with Gasteiger partial charge in [0, 0.05) is 24.6 Å². The summed E-state index contributed by atoms with van der Waals surface area (Å²) in [5, 5.41) is 9.30. The third-order valence-electron chi connectivity index (χ3n) is 5.26. The first-order valence-corrected chi connectivity index (χ1v) is 11.1. The molecule has 0 radical (unpaired) electrons. The van der Waals surface area contributed by atoms with Crippen molar-refractivity contribution in [1.29, 1.82) is 5.26 Å². The van der Waals surface area contributed by atoms with Crippen molar-refractivity contribution < 1.29 is 8.60 Å². The monoisotopic (exact) mass is 439 g/mol. The second-order valence-corrected chi connectivity index (χ2v) is 10.6. The number of pyridine rings is 1. The summed E-state index contributed by atoms with van der Waals surface area (Å²) in [6.45, 7) is 7.64. The zero-order chi connectivity index (χ0) is 22.5. The van der Waals surface area contributed by atoms with Crippen LogP contribution in [0.25, 0.3) is 22.3 Å². The van der Waals surface area contributed by atoms with Gasteiger partial charge in [-0.1, -0.05) is 0 Å². The first kappa shape index (κ1) is 21.3. The van der Waals surface area contributed by atoms with Crippen molar-refractivity contribution in [3.63, 3.8) is 0 Å². The molecule has 9 heteroatoms. The van der Waals surface area contributed by atoms with Crippen LogP contribution in [0.15, 0.2) is 29.1 Å². The smallest absolute Gasteiger partial charge is 0.261 e. The van der Waals surface area contributed by atoms with E-state index in [4.69, 9.17) is 10.2 Å². The first-order chi connectivity index (χ1) is 14.6. The lowest BCUT2D eigenvalue weighted by atomic mass is 10.0. The summed E-state index contributed by atoms with van der Waals surface area (Å²) < 4.78 is 31.0. The van der Waals surface area contributed by atoms with Crippen LogP contribution in [0.3, 0.4) is 0 Å². The quantitative estimate of drug-likeness (QED) is 0.676. The molecule has 4 rings (SSSR count). The Morgan fingerprint density at radius 1 is 1.29 bits per heavy atom. The third kappa shape index (κ3) is 3.77. The zero-order valence-electron chi connectivity index (χ0n) is 17.7. The molecule has 3 aromatic rings. The summed E-state index contributed by atoms with van der Waals surface area (Å²) in [6, 6.07) is 7.37. The maximum atomic E-state index is 14.4. The van der Waals surface area contributed by atoms with E-state index in [1.807, 2.05) is 26.8 Å². The van der Waals surface area contributed by atoms with E-state index in [0.717, 1.165) is 0 Å². The Morgan fingerprint density at radius 2 is 2.03 bits per heavy atom. The number of nitrogens with zero attached hydrogens (tertiary/aromatic N) is 4. The van der Waals surface area contributed by atoms with Crippen LogP contribution in [0.5, 0.6) is 0 Å². The van der Waals surface area contributed by atoms with Crippen molar-refractivity contribution in [2.75, 3.05) is 0 Å². The number of halogens is 1. The van der Waals surface area contributed by atoms with Gasteiger partial charge in [0.15, 0.2) is 0 Å². The highest BCUT2D eigenvalue weighted by Gasteiger charge is 2.26. The highest BCUT2D eigenvalue weighted by atomic mass is 32.2. The van der Waals surface area contributed by atoms with Gasteiger partial charge in [0.25, 0.3) is 5.56 Å². The van der Waals surface area contributed by atoms with Crippen LogP contribution in [-0.2, 0) is 24.0 Å². The highest BCUT2D eigenvalue weighted by molar-refractivity contribution is 7.84. The summed E-state index contributed by atoms with van der Waals surface area (Å²) >= 11 is 0. The molecule has 0 saturated carbocycles. The van der Waals surface area contributed by atoms with Crippen molar-refractivity contribution in [2.24, 2.45) is 0 Å². The second kappa shape index (κ2) is 7.62. The van der Waals surface area contributed by atoms with Gasteiger partial charge in [-0.05, 0) is 57.5 Å². The molecule has 2 atom stereocenters. The predicted octanol–water partition coefficient (Wildman–Crippen LogP) is 3.14. The fourth-order valence-corrected chi connectivity index (χ4v) is 4.44. The molecule has 3 heterocycles. The molecular formula is C22H22FN5O2S. The van der Waals surface area contributed by atoms with Gasteiger partial charge in [0.05, 0.1) is 32.3 Å². The molecule has 0 unspecified atom stereocenters. The van der Waals surface area contributed by atoms with Crippen LogP contribution >= 0.6 is 0 Å². The molecule has 2 aromatic heterocycles. The Morgan fingerprint density at radius 3 is 2.71 bits per heavy atom. The summed E-state index contributed by atoms with van der Waals surface area (Å²) in [4.78, 5) is 22.3. The molecule has 0 bridgehead atoms. The molecule has 0 aliphatic carbocycles. The molecule has 1 aliphatic rings. The summed E-state index contributed by atoms with van der Waals surface area (Å²) in [6.07, 6.45) is 0.482. The summed E-state index contributed by atoms with van der Waals surface area (Å²) in [5.41, 5.74) is 2.18. The van der Waals surface area contributed by atoms with E-state index in [1.54, 1.807) is 19.1 Å². The van der Waals surface area contributed by atoms with Crippen LogP contribution in [0.2, 0.25) is 0 Å². The maximum absolute atomic E-state index is 14.4. The molecule has 1 N–H and O–H groups in total. The Balaban J connectivity index is 1.92. The topological polar surface area (TPSA) is 101 Å². The number of nitriles is 1. The zero-order valence-corrected chi connectivity index (χ0v) is 18.5. The Labute approximate surface area is 181 Å². The van der Waals surface area contributed by atoms with Crippen LogP contribution in [0.4, 0.5) is 4.39 Å². The lowest BCUT2D eigenvalue weighted by Crippen LogP contribution is -2.35. The van der Waals surface area contributed by atoms with E-state index in [0.29, 0.717) is 46.8 Å². The Bertz CT molecular complexity index is 1340. The first-order valence-electron chi connectivity index (χ1n) is 9.92. The van der Waals surface area contributed by atoms with Crippen molar-refractivity contribution in [2.45, 2.75) is 51.4 Å². The number of rotatable bonds is 3. The van der Waals surface area contributed by atoms with Crippen molar-refractivity contribution >= 4 is 21.9 Å². The molecule has 0 fully saturated rings. The van der Waals surface area contributed by atoms with E-state index in [1.165, 1.54) is 16.7 Å². The summed E-state index contributed by atoms with van der Waals surface area (Å²) in [7, 11) is -1.39. The Hall–Kier alpha value is -2.96. The minimum atomic E-state index is -1.39. The molecule has 7 nitrogen and oxygen atoms in total. The molecule has 160 valence electrons. The van der Waals surface area contributed by atoms with Crippen LogP contribution in [0.1, 0.15) is 50.7 Å². The lowest BCUT2D eigenvalue weighted by Gasteiger charge is -2.24. The number of aromatic nitrogens is 3. The highest BCUT2D eigenvalue weighted by Crippen LogP contribution is 2.30. The maximum Gasteiger partial charge on any atom is 0.261 e. The van der Waals surface area contributed by atoms with E-state index in [9.17, 15) is 13.4 Å². The normalized spacial score (nSPS) is 15.1. The van der Waals surface area contributed by atoms with Gasteiger partial charge in [-0.2, -0.15) is 5.26 Å². The van der Waals surface area contributed by atoms with Crippen LogP contribution in [-0.4, -0.2) is 23.5 Å². The largest absolute Gasteiger partial charge is 0.292 e. The third-order valence-corrected chi connectivity index (χ3v) is 6.94. The van der Waals surface area contributed by atoms with Crippen LogP contribution in [0, 0.1) is 17.1 Å². The number of aryl methyl sites for hydroxylation is 1. The average molecular weight is 440 g/mol. The predicted molar refractivity (Wildman–Crippen MR) is 117 cm³/mol. The number of benzene rings is 1. The minimum absolute atomic E-state index is 0.180. The van der Waals surface area contributed by atoms with Gasteiger partial charge in [0.1, 0.15) is 23.4 Å². The molecule has 0 spiro atoms. The molecule has 1 aliphatic heterocycles. The lowest BCUT2D eigenvalue weighted by molar-refractivity contribution is 0.605. The van der Waals surface area contributed by atoms with E-state index < -0.39 is 27.6 Å². The van der Waals surface area contributed by atoms with E-state index in [-0.39, 0.29) is 10.9 Å². The second-order valence-electron chi connectivity index (χ2n) is 8.56. The number of hydrogen-bond donors (Lipinski definition) is 1. The number of nitrogens with one attached hydrogen (secondary N) is 1. The van der Waals surface area contributed by atoms with Gasteiger partial charge in [0.2, 0.25) is 0 Å². The van der Waals surface area contributed by atoms with Gasteiger partial charge < -0.3 is 0 Å². The molecule has 1 aromatic carbocycles. The number of hydrogen-bond acceptors (Lipinski definition) is 5. The van der Waals surface area contributed by atoms with Crippen LogP contribution < -0.4 is 10.3 Å². The van der Waals surface area contributed by atoms with E-state index in [2.05, 4.69) is 9.71 Å². The van der Waals surface area contributed by atoms with E-state index >= 15 is 0 Å². The van der Waals surface area contributed by atoms with Crippen molar-refractivity contribution in [1.82, 2.24) is 19.3 Å². The van der Waals surface area contributed by atoms with Gasteiger partial charge >= 0.3 is 0 Å². The van der Waals surface area contributed by atoms with Gasteiger partial charge in [-0.25, -0.2) is 23.3 Å². The Kier molecular flexibility index (Phi) is 5.23. The number of fused-ring (bicyclic) bond motifs is 4. The standard InChI is InChI=1S/C22H22FN5O2S/c1-12(27-31(30)22(2,3)4)16-9-13(23)10-17-19(16)26-20-15-6-5-14(11-24)25-18(15)7-8-28(20)21(17)29/h5-6,9-10,12,27H,7-8H2,1-4H3/t12-,31-/m1/s1. The minimum Gasteiger partial charge on any atom is -0.292 e. The fraction of sp³-hybridized carbons (Fsp3) is 0.364. The van der Waals surface area contributed by atoms with Gasteiger partial charge in [-0.15, -0.1) is 0 Å². The molecular weight excluding hydrogens is 417 g/mol. The SMILES string of the molecule is C[C@@H](N[S@](=O)C(C)(C)C)c1cc(F)cc2c(=O)n3c(nc12)-c1ccc(C#N)nc1CC3.